The molecule has 2 rings (SSSR count). The van der Waals surface area contributed by atoms with Crippen molar-refractivity contribution in [2.24, 2.45) is 5.92 Å². The number of rotatable bonds is 3. The van der Waals surface area contributed by atoms with Crippen LogP contribution in [0.3, 0.4) is 0 Å². The average Bonchev–Trinajstić information content (AvgIpc) is 2.80. The minimum atomic E-state index is -0.817. The van der Waals surface area contributed by atoms with Crippen LogP contribution in [0.4, 0.5) is 0 Å². The van der Waals surface area contributed by atoms with Gasteiger partial charge in [0.25, 0.3) is 5.91 Å². The summed E-state index contributed by atoms with van der Waals surface area (Å²) in [6, 6.07) is 7.35. The van der Waals surface area contributed by atoms with Crippen molar-refractivity contribution in [3.8, 4) is 0 Å². The molecule has 108 valence electrons. The van der Waals surface area contributed by atoms with Crippen molar-refractivity contribution in [2.75, 3.05) is 6.54 Å². The quantitative estimate of drug-likeness (QED) is 0.922. The first-order valence-electron chi connectivity index (χ1n) is 7.05. The van der Waals surface area contributed by atoms with Crippen LogP contribution in [0.1, 0.15) is 49.0 Å². The third-order valence-corrected chi connectivity index (χ3v) is 4.16. The van der Waals surface area contributed by atoms with Crippen LogP contribution in [0.2, 0.25) is 0 Å². The van der Waals surface area contributed by atoms with E-state index >= 15 is 0 Å². The molecule has 1 amide bonds. The molecule has 1 N–H and O–H groups in total. The molecule has 0 radical (unpaired) electrons. The lowest BCUT2D eigenvalue weighted by Crippen LogP contribution is -2.37. The number of likely N-dealkylation sites (tertiary alicyclic amines) is 1. The van der Waals surface area contributed by atoms with E-state index in [-0.39, 0.29) is 11.9 Å². The van der Waals surface area contributed by atoms with Crippen molar-refractivity contribution in [1.29, 1.82) is 0 Å². The van der Waals surface area contributed by atoms with Gasteiger partial charge < -0.3 is 10.0 Å². The number of carboxylic acids is 1. The number of nitrogens with zero attached hydrogens (tertiary/aromatic N) is 1. The topological polar surface area (TPSA) is 57.6 Å². The zero-order valence-electron chi connectivity index (χ0n) is 12.2. The van der Waals surface area contributed by atoms with Crippen molar-refractivity contribution in [3.05, 3.63) is 35.4 Å². The standard InChI is InChI=1S/C16H21NO3/c1-10(2)12-4-6-13(7-5-12)15(18)17-9-8-14(11(17)3)16(19)20/h4-7,10-11,14H,8-9H2,1-3H3,(H,19,20). The summed E-state index contributed by atoms with van der Waals surface area (Å²) in [6.45, 7) is 6.54. The molecular weight excluding hydrogens is 254 g/mol. The summed E-state index contributed by atoms with van der Waals surface area (Å²) < 4.78 is 0. The molecule has 0 aliphatic carbocycles. The molecule has 1 fully saturated rings. The van der Waals surface area contributed by atoms with Crippen LogP contribution >= 0.6 is 0 Å². The van der Waals surface area contributed by atoms with Crippen molar-refractivity contribution >= 4 is 11.9 Å². The fraction of sp³-hybridized carbons (Fsp3) is 0.500. The van der Waals surface area contributed by atoms with Crippen LogP contribution in [0, 0.1) is 5.92 Å². The lowest BCUT2D eigenvalue weighted by atomic mass is 10.0. The summed E-state index contributed by atoms with van der Waals surface area (Å²) in [7, 11) is 0. The normalized spacial score (nSPS) is 22.3. The van der Waals surface area contributed by atoms with E-state index < -0.39 is 11.9 Å². The molecule has 0 aromatic heterocycles. The molecule has 1 heterocycles. The first-order valence-corrected chi connectivity index (χ1v) is 7.05. The molecule has 0 bridgehead atoms. The van der Waals surface area contributed by atoms with Crippen LogP contribution in [0.25, 0.3) is 0 Å². The Morgan fingerprint density at radius 1 is 1.25 bits per heavy atom. The molecule has 1 aromatic carbocycles. The third kappa shape index (κ3) is 2.69. The Labute approximate surface area is 119 Å². The van der Waals surface area contributed by atoms with Crippen LogP contribution in [-0.2, 0) is 4.79 Å². The monoisotopic (exact) mass is 275 g/mol. The van der Waals surface area contributed by atoms with Crippen LogP contribution < -0.4 is 0 Å². The Hall–Kier alpha value is -1.84. The van der Waals surface area contributed by atoms with Gasteiger partial charge in [0.15, 0.2) is 0 Å². The fourth-order valence-electron chi connectivity index (χ4n) is 2.73. The van der Waals surface area contributed by atoms with Crippen LogP contribution in [-0.4, -0.2) is 34.5 Å². The minimum Gasteiger partial charge on any atom is -0.481 e. The maximum Gasteiger partial charge on any atom is 0.308 e. The van der Waals surface area contributed by atoms with Crippen molar-refractivity contribution in [2.45, 2.75) is 39.2 Å². The maximum atomic E-state index is 12.4. The van der Waals surface area contributed by atoms with E-state index in [4.69, 9.17) is 5.11 Å². The fourth-order valence-corrected chi connectivity index (χ4v) is 2.73. The smallest absolute Gasteiger partial charge is 0.308 e. The molecule has 1 aliphatic heterocycles. The molecule has 0 spiro atoms. The molecule has 2 unspecified atom stereocenters. The van der Waals surface area contributed by atoms with Crippen molar-refractivity contribution in [1.82, 2.24) is 4.90 Å². The molecule has 0 saturated carbocycles. The number of hydrogen-bond acceptors (Lipinski definition) is 2. The number of benzene rings is 1. The summed E-state index contributed by atoms with van der Waals surface area (Å²) in [4.78, 5) is 25.2. The second-order valence-electron chi connectivity index (χ2n) is 5.75. The van der Waals surface area contributed by atoms with Gasteiger partial charge in [-0.2, -0.15) is 0 Å². The molecular formula is C16H21NO3. The first-order chi connectivity index (χ1) is 9.41. The van der Waals surface area contributed by atoms with Gasteiger partial charge in [-0.3, -0.25) is 9.59 Å². The van der Waals surface area contributed by atoms with E-state index in [1.54, 1.807) is 4.90 Å². The summed E-state index contributed by atoms with van der Waals surface area (Å²) in [5.41, 5.74) is 1.83. The number of amides is 1. The largest absolute Gasteiger partial charge is 0.481 e. The Morgan fingerprint density at radius 2 is 1.85 bits per heavy atom. The Morgan fingerprint density at radius 3 is 2.30 bits per heavy atom. The Kier molecular flexibility index (Phi) is 4.12. The number of aliphatic carboxylic acids is 1. The highest BCUT2D eigenvalue weighted by Crippen LogP contribution is 2.26. The summed E-state index contributed by atoms with van der Waals surface area (Å²) >= 11 is 0. The Bertz CT molecular complexity index is 507. The Balaban J connectivity index is 2.14. The molecule has 1 aliphatic rings. The van der Waals surface area contributed by atoms with Gasteiger partial charge in [0.2, 0.25) is 0 Å². The van der Waals surface area contributed by atoms with E-state index in [0.29, 0.717) is 24.4 Å². The molecule has 4 nitrogen and oxygen atoms in total. The third-order valence-electron chi connectivity index (χ3n) is 4.16. The van der Waals surface area contributed by atoms with Gasteiger partial charge in [-0.05, 0) is 37.0 Å². The zero-order chi connectivity index (χ0) is 14.9. The van der Waals surface area contributed by atoms with Gasteiger partial charge in [0.05, 0.1) is 5.92 Å². The number of carbonyl (C=O) groups excluding carboxylic acids is 1. The lowest BCUT2D eigenvalue weighted by Gasteiger charge is -2.23. The van der Waals surface area contributed by atoms with Gasteiger partial charge in [-0.25, -0.2) is 0 Å². The highest BCUT2D eigenvalue weighted by Gasteiger charge is 2.38. The summed E-state index contributed by atoms with van der Waals surface area (Å²) in [5.74, 6) is -0.908. The molecule has 1 saturated heterocycles. The number of carboxylic acid groups (broad SMARTS) is 1. The van der Waals surface area contributed by atoms with E-state index in [1.165, 1.54) is 5.56 Å². The van der Waals surface area contributed by atoms with Gasteiger partial charge in [-0.1, -0.05) is 26.0 Å². The first kappa shape index (κ1) is 14.6. The summed E-state index contributed by atoms with van der Waals surface area (Å²) in [6.07, 6.45) is 0.534. The van der Waals surface area contributed by atoms with Crippen LogP contribution in [0.5, 0.6) is 0 Å². The average molecular weight is 275 g/mol. The molecule has 4 heteroatoms. The van der Waals surface area contributed by atoms with E-state index in [0.717, 1.165) is 0 Å². The predicted octanol–water partition coefficient (Wildman–Crippen LogP) is 2.75. The van der Waals surface area contributed by atoms with Gasteiger partial charge in [0.1, 0.15) is 0 Å². The van der Waals surface area contributed by atoms with Crippen molar-refractivity contribution in [3.63, 3.8) is 0 Å². The molecule has 20 heavy (non-hydrogen) atoms. The zero-order valence-corrected chi connectivity index (χ0v) is 12.2. The predicted molar refractivity (Wildman–Crippen MR) is 76.8 cm³/mol. The molecule has 1 aromatic rings. The van der Waals surface area contributed by atoms with E-state index in [2.05, 4.69) is 13.8 Å². The van der Waals surface area contributed by atoms with E-state index in [9.17, 15) is 9.59 Å². The minimum absolute atomic E-state index is 0.0726. The summed E-state index contributed by atoms with van der Waals surface area (Å²) in [5, 5.41) is 9.11. The highest BCUT2D eigenvalue weighted by atomic mass is 16.4. The maximum absolute atomic E-state index is 12.4. The van der Waals surface area contributed by atoms with Gasteiger partial charge in [-0.15, -0.1) is 0 Å². The number of carbonyl (C=O) groups is 2. The van der Waals surface area contributed by atoms with Crippen molar-refractivity contribution < 1.29 is 14.7 Å². The van der Waals surface area contributed by atoms with E-state index in [1.807, 2.05) is 31.2 Å². The molecule has 2 atom stereocenters. The van der Waals surface area contributed by atoms with Crippen LogP contribution in [0.15, 0.2) is 24.3 Å². The van der Waals surface area contributed by atoms with Gasteiger partial charge >= 0.3 is 5.97 Å². The lowest BCUT2D eigenvalue weighted by molar-refractivity contribution is -0.142. The number of hydrogen-bond donors (Lipinski definition) is 1. The second-order valence-corrected chi connectivity index (χ2v) is 5.75. The second kappa shape index (κ2) is 5.65. The highest BCUT2D eigenvalue weighted by molar-refractivity contribution is 5.95. The SMILES string of the molecule is CC(C)c1ccc(C(=O)N2CCC(C(=O)O)C2C)cc1. The van der Waals surface area contributed by atoms with Gasteiger partial charge in [0, 0.05) is 18.2 Å².